The topological polar surface area (TPSA) is 48.7 Å². The number of hydrogen-bond acceptors (Lipinski definition) is 4. The summed E-state index contributed by atoms with van der Waals surface area (Å²) >= 11 is 4.86. The highest BCUT2D eigenvalue weighted by Gasteiger charge is 2.01. The highest BCUT2D eigenvalue weighted by atomic mass is 79.9. The SMILES string of the molecule is N#Cc1ccc(CNc2cccnc2Br)s1. The van der Waals surface area contributed by atoms with E-state index in [1.807, 2.05) is 24.3 Å². The van der Waals surface area contributed by atoms with E-state index in [2.05, 4.69) is 32.3 Å². The summed E-state index contributed by atoms with van der Waals surface area (Å²) in [5.41, 5.74) is 0.953. The number of rotatable bonds is 3. The second kappa shape index (κ2) is 5.10. The lowest BCUT2D eigenvalue weighted by molar-refractivity contribution is 1.16. The van der Waals surface area contributed by atoms with Gasteiger partial charge in [-0.1, -0.05) is 0 Å². The molecule has 3 nitrogen and oxygen atoms in total. The minimum Gasteiger partial charge on any atom is -0.378 e. The summed E-state index contributed by atoms with van der Waals surface area (Å²) in [6.45, 7) is 0.705. The molecular weight excluding hydrogens is 286 g/mol. The summed E-state index contributed by atoms with van der Waals surface area (Å²) in [4.78, 5) is 5.99. The zero-order valence-corrected chi connectivity index (χ0v) is 10.7. The Kier molecular flexibility index (Phi) is 3.54. The Morgan fingerprint density at radius 1 is 1.44 bits per heavy atom. The first-order chi connectivity index (χ1) is 7.79. The zero-order valence-electron chi connectivity index (χ0n) is 8.27. The Morgan fingerprint density at radius 3 is 3.00 bits per heavy atom. The molecule has 0 amide bonds. The van der Waals surface area contributed by atoms with Crippen molar-refractivity contribution in [1.82, 2.24) is 4.98 Å². The second-order valence-corrected chi connectivity index (χ2v) is 4.99. The van der Waals surface area contributed by atoms with Crippen LogP contribution in [0.1, 0.15) is 9.75 Å². The molecule has 0 aromatic carbocycles. The van der Waals surface area contributed by atoms with E-state index in [-0.39, 0.29) is 0 Å². The van der Waals surface area contributed by atoms with Gasteiger partial charge in [0.05, 0.1) is 5.69 Å². The fourth-order valence-corrected chi connectivity index (χ4v) is 2.37. The number of pyridine rings is 1. The smallest absolute Gasteiger partial charge is 0.129 e. The summed E-state index contributed by atoms with van der Waals surface area (Å²) in [5, 5.41) is 12.0. The van der Waals surface area contributed by atoms with E-state index in [9.17, 15) is 0 Å². The van der Waals surface area contributed by atoms with Crippen molar-refractivity contribution in [1.29, 1.82) is 5.26 Å². The average Bonchev–Trinajstić information content (AvgIpc) is 2.76. The van der Waals surface area contributed by atoms with Gasteiger partial charge in [-0.15, -0.1) is 11.3 Å². The third-order valence-electron chi connectivity index (χ3n) is 1.98. The molecule has 0 atom stereocenters. The van der Waals surface area contributed by atoms with Crippen LogP contribution in [0.2, 0.25) is 0 Å². The second-order valence-electron chi connectivity index (χ2n) is 3.07. The van der Waals surface area contributed by atoms with Gasteiger partial charge in [0.15, 0.2) is 0 Å². The Labute approximate surface area is 106 Å². The average molecular weight is 294 g/mol. The van der Waals surface area contributed by atoms with Crippen LogP contribution in [0.3, 0.4) is 0 Å². The molecular formula is C11H8BrN3S. The molecule has 2 heterocycles. The highest BCUT2D eigenvalue weighted by molar-refractivity contribution is 9.10. The number of thiophene rings is 1. The van der Waals surface area contributed by atoms with Crippen LogP contribution in [0.4, 0.5) is 5.69 Å². The normalized spacial score (nSPS) is 9.75. The zero-order chi connectivity index (χ0) is 11.4. The number of hydrogen-bond donors (Lipinski definition) is 1. The van der Waals surface area contributed by atoms with Gasteiger partial charge in [-0.2, -0.15) is 5.26 Å². The molecule has 0 aliphatic heterocycles. The minimum absolute atomic E-state index is 0.705. The highest BCUT2D eigenvalue weighted by Crippen LogP contribution is 2.21. The summed E-state index contributed by atoms with van der Waals surface area (Å²) < 4.78 is 0.798. The monoisotopic (exact) mass is 293 g/mol. The molecule has 0 saturated heterocycles. The molecule has 0 aliphatic rings. The number of anilines is 1. The van der Waals surface area contributed by atoms with Gasteiger partial charge in [0.2, 0.25) is 0 Å². The van der Waals surface area contributed by atoms with E-state index in [4.69, 9.17) is 5.26 Å². The molecule has 1 N–H and O–H groups in total. The summed E-state index contributed by atoms with van der Waals surface area (Å²) in [6, 6.07) is 9.75. The van der Waals surface area contributed by atoms with E-state index < -0.39 is 0 Å². The van der Waals surface area contributed by atoms with Crippen LogP contribution in [-0.2, 0) is 6.54 Å². The van der Waals surface area contributed by atoms with Crippen LogP contribution >= 0.6 is 27.3 Å². The predicted octanol–water partition coefficient (Wildman–Crippen LogP) is 3.39. The fraction of sp³-hybridized carbons (Fsp3) is 0.0909. The van der Waals surface area contributed by atoms with Crippen molar-refractivity contribution in [3.05, 3.63) is 44.8 Å². The van der Waals surface area contributed by atoms with Crippen molar-refractivity contribution in [2.45, 2.75) is 6.54 Å². The Hall–Kier alpha value is -1.38. The largest absolute Gasteiger partial charge is 0.378 e. The first-order valence-corrected chi connectivity index (χ1v) is 6.24. The number of nitrogens with one attached hydrogen (secondary N) is 1. The number of nitrogens with zero attached hydrogens (tertiary/aromatic N) is 2. The Morgan fingerprint density at radius 2 is 2.31 bits per heavy atom. The van der Waals surface area contributed by atoms with E-state index in [1.54, 1.807) is 6.20 Å². The van der Waals surface area contributed by atoms with Crippen molar-refractivity contribution in [3.8, 4) is 6.07 Å². The molecule has 2 aromatic rings. The molecule has 0 unspecified atom stereocenters. The minimum atomic E-state index is 0.705. The fourth-order valence-electron chi connectivity index (χ4n) is 1.23. The van der Waals surface area contributed by atoms with Gasteiger partial charge < -0.3 is 5.32 Å². The van der Waals surface area contributed by atoms with E-state index in [0.29, 0.717) is 6.54 Å². The van der Waals surface area contributed by atoms with Gasteiger partial charge in [-0.3, -0.25) is 0 Å². The lowest BCUT2D eigenvalue weighted by atomic mass is 10.4. The van der Waals surface area contributed by atoms with Gasteiger partial charge in [0, 0.05) is 17.6 Å². The lowest BCUT2D eigenvalue weighted by Gasteiger charge is -2.05. The summed E-state index contributed by atoms with van der Waals surface area (Å²) in [7, 11) is 0. The molecule has 0 bridgehead atoms. The van der Waals surface area contributed by atoms with Gasteiger partial charge in [0.25, 0.3) is 0 Å². The van der Waals surface area contributed by atoms with E-state index in [1.165, 1.54) is 11.3 Å². The maximum absolute atomic E-state index is 8.70. The molecule has 0 fully saturated rings. The van der Waals surface area contributed by atoms with Crippen molar-refractivity contribution < 1.29 is 0 Å². The molecule has 2 aromatic heterocycles. The molecule has 0 aliphatic carbocycles. The van der Waals surface area contributed by atoms with Crippen molar-refractivity contribution in [3.63, 3.8) is 0 Å². The Bertz CT molecular complexity index is 530. The molecule has 0 radical (unpaired) electrons. The van der Waals surface area contributed by atoms with Crippen LogP contribution in [0, 0.1) is 11.3 Å². The van der Waals surface area contributed by atoms with Gasteiger partial charge in [-0.05, 0) is 40.2 Å². The van der Waals surface area contributed by atoms with E-state index in [0.717, 1.165) is 20.0 Å². The van der Waals surface area contributed by atoms with Crippen molar-refractivity contribution in [2.24, 2.45) is 0 Å². The quantitative estimate of drug-likeness (QED) is 0.883. The lowest BCUT2D eigenvalue weighted by Crippen LogP contribution is -1.98. The van der Waals surface area contributed by atoms with Crippen LogP contribution in [0.25, 0.3) is 0 Å². The Balaban J connectivity index is 2.03. The number of halogens is 1. The first-order valence-electron chi connectivity index (χ1n) is 4.63. The molecule has 0 saturated carbocycles. The van der Waals surface area contributed by atoms with Crippen LogP contribution in [-0.4, -0.2) is 4.98 Å². The molecule has 0 spiro atoms. The van der Waals surface area contributed by atoms with E-state index >= 15 is 0 Å². The molecule has 16 heavy (non-hydrogen) atoms. The van der Waals surface area contributed by atoms with Gasteiger partial charge in [0.1, 0.15) is 15.5 Å². The number of nitriles is 1. The van der Waals surface area contributed by atoms with Gasteiger partial charge >= 0.3 is 0 Å². The third kappa shape index (κ3) is 2.60. The summed E-state index contributed by atoms with van der Waals surface area (Å²) in [5.74, 6) is 0. The van der Waals surface area contributed by atoms with Crippen LogP contribution in [0.5, 0.6) is 0 Å². The molecule has 5 heteroatoms. The summed E-state index contributed by atoms with van der Waals surface area (Å²) in [6.07, 6.45) is 1.73. The third-order valence-corrected chi connectivity index (χ3v) is 3.61. The maximum Gasteiger partial charge on any atom is 0.129 e. The number of aromatic nitrogens is 1. The van der Waals surface area contributed by atoms with Crippen LogP contribution in [0.15, 0.2) is 35.1 Å². The molecule has 80 valence electrons. The maximum atomic E-state index is 8.70. The van der Waals surface area contributed by atoms with Gasteiger partial charge in [-0.25, -0.2) is 4.98 Å². The van der Waals surface area contributed by atoms with Crippen molar-refractivity contribution >= 4 is 33.0 Å². The van der Waals surface area contributed by atoms with Crippen molar-refractivity contribution in [2.75, 3.05) is 5.32 Å². The van der Waals surface area contributed by atoms with Crippen LogP contribution < -0.4 is 5.32 Å². The first kappa shape index (κ1) is 11.1. The predicted molar refractivity (Wildman–Crippen MR) is 68.3 cm³/mol. The standard InChI is InChI=1S/C11H8BrN3S/c12-11-10(2-1-5-14-11)15-7-9-4-3-8(6-13)16-9/h1-5,15H,7H2. The molecule has 2 rings (SSSR count).